The van der Waals surface area contributed by atoms with E-state index in [1.807, 2.05) is 20.8 Å². The smallest absolute Gasteiger partial charge is 0.209 e. The molecule has 0 aliphatic carbocycles. The highest BCUT2D eigenvalue weighted by molar-refractivity contribution is 6.31. The van der Waals surface area contributed by atoms with Gasteiger partial charge in [0.15, 0.2) is 0 Å². The van der Waals surface area contributed by atoms with Crippen LogP contribution in [-0.2, 0) is 0 Å². The summed E-state index contributed by atoms with van der Waals surface area (Å²) in [5, 5.41) is -0.0431. The third-order valence-corrected chi connectivity index (χ3v) is 3.51. The Morgan fingerprint density at radius 1 is 1.22 bits per heavy atom. The van der Waals surface area contributed by atoms with Crippen LogP contribution < -0.4 is 0 Å². The molecule has 2 rings (SSSR count). The minimum Gasteiger partial charge on any atom is -0.356 e. The molecule has 0 amide bonds. The molecule has 1 heterocycles. The highest BCUT2D eigenvalue weighted by Crippen LogP contribution is 2.22. The molecular formula is C14H13ClFNO. The van der Waals surface area contributed by atoms with Gasteiger partial charge in [0.1, 0.15) is 5.82 Å². The predicted molar refractivity (Wildman–Crippen MR) is 69.8 cm³/mol. The monoisotopic (exact) mass is 265 g/mol. The molecule has 0 radical (unpaired) electrons. The van der Waals surface area contributed by atoms with E-state index in [2.05, 4.69) is 4.98 Å². The number of aromatic nitrogens is 1. The first kappa shape index (κ1) is 12.8. The zero-order valence-corrected chi connectivity index (χ0v) is 11.2. The fourth-order valence-corrected chi connectivity index (χ4v) is 2.03. The number of H-pyrrole nitrogens is 1. The zero-order valence-electron chi connectivity index (χ0n) is 10.4. The molecule has 94 valence electrons. The predicted octanol–water partition coefficient (Wildman–Crippen LogP) is 3.96. The van der Waals surface area contributed by atoms with Crippen LogP contribution in [-0.4, -0.2) is 10.8 Å². The van der Waals surface area contributed by atoms with E-state index in [1.54, 1.807) is 0 Å². The molecule has 1 aromatic heterocycles. The van der Waals surface area contributed by atoms with Gasteiger partial charge in [0, 0.05) is 11.3 Å². The SMILES string of the molecule is Cc1[nH]c(C(=O)c2ccc(F)c(Cl)c2)c(C)c1C. The van der Waals surface area contributed by atoms with Crippen molar-refractivity contribution in [3.8, 4) is 0 Å². The molecule has 4 heteroatoms. The van der Waals surface area contributed by atoms with Gasteiger partial charge in [-0.05, 0) is 50.1 Å². The van der Waals surface area contributed by atoms with Crippen molar-refractivity contribution in [2.75, 3.05) is 0 Å². The van der Waals surface area contributed by atoms with Crippen LogP contribution >= 0.6 is 11.6 Å². The molecule has 0 fully saturated rings. The van der Waals surface area contributed by atoms with Gasteiger partial charge in [-0.2, -0.15) is 0 Å². The van der Waals surface area contributed by atoms with Gasteiger partial charge in [0.05, 0.1) is 10.7 Å². The van der Waals surface area contributed by atoms with Gasteiger partial charge in [-0.15, -0.1) is 0 Å². The standard InChI is InChI=1S/C14H13ClFNO/c1-7-8(2)13(17-9(7)3)14(18)10-4-5-12(16)11(15)6-10/h4-6,17H,1-3H3. The second kappa shape index (κ2) is 4.58. The third kappa shape index (κ3) is 2.06. The molecule has 0 saturated carbocycles. The van der Waals surface area contributed by atoms with Crippen molar-refractivity contribution in [3.63, 3.8) is 0 Å². The number of nitrogens with one attached hydrogen (secondary N) is 1. The number of aryl methyl sites for hydroxylation is 1. The van der Waals surface area contributed by atoms with Crippen LogP contribution in [0.1, 0.15) is 32.9 Å². The Labute approximate surface area is 110 Å². The molecule has 0 spiro atoms. The van der Waals surface area contributed by atoms with Gasteiger partial charge in [0.25, 0.3) is 0 Å². The summed E-state index contributed by atoms with van der Waals surface area (Å²) in [6.45, 7) is 5.75. The fourth-order valence-electron chi connectivity index (χ4n) is 1.85. The van der Waals surface area contributed by atoms with Crippen LogP contribution in [0.3, 0.4) is 0 Å². The lowest BCUT2D eigenvalue weighted by Crippen LogP contribution is -2.04. The van der Waals surface area contributed by atoms with Crippen molar-refractivity contribution in [1.29, 1.82) is 0 Å². The maximum atomic E-state index is 13.1. The Morgan fingerprint density at radius 3 is 2.39 bits per heavy atom. The van der Waals surface area contributed by atoms with Crippen LogP contribution in [0.4, 0.5) is 4.39 Å². The average Bonchev–Trinajstić information content (AvgIpc) is 2.60. The quantitative estimate of drug-likeness (QED) is 0.819. The molecule has 0 aliphatic heterocycles. The van der Waals surface area contributed by atoms with Crippen molar-refractivity contribution in [2.24, 2.45) is 0 Å². The maximum absolute atomic E-state index is 13.1. The first-order chi connectivity index (χ1) is 8.41. The topological polar surface area (TPSA) is 32.9 Å². The lowest BCUT2D eigenvalue weighted by Gasteiger charge is -2.02. The van der Waals surface area contributed by atoms with Crippen LogP contribution in [0.5, 0.6) is 0 Å². The summed E-state index contributed by atoms with van der Waals surface area (Å²) in [5.41, 5.74) is 3.85. The van der Waals surface area contributed by atoms with Crippen LogP contribution in [0.2, 0.25) is 5.02 Å². The summed E-state index contributed by atoms with van der Waals surface area (Å²) in [7, 11) is 0. The van der Waals surface area contributed by atoms with Crippen molar-refractivity contribution in [3.05, 3.63) is 57.1 Å². The number of carbonyl (C=O) groups is 1. The average molecular weight is 266 g/mol. The van der Waals surface area contributed by atoms with Gasteiger partial charge >= 0.3 is 0 Å². The number of benzene rings is 1. The summed E-state index contributed by atoms with van der Waals surface area (Å²) < 4.78 is 13.1. The van der Waals surface area contributed by atoms with Gasteiger partial charge < -0.3 is 4.98 Å². The zero-order chi connectivity index (χ0) is 13.4. The second-order valence-corrected chi connectivity index (χ2v) is 4.74. The highest BCUT2D eigenvalue weighted by Gasteiger charge is 2.17. The number of carbonyl (C=O) groups excluding carboxylic acids is 1. The van der Waals surface area contributed by atoms with E-state index in [-0.39, 0.29) is 10.8 Å². The van der Waals surface area contributed by atoms with E-state index in [0.717, 1.165) is 16.8 Å². The molecule has 0 aliphatic rings. The first-order valence-corrected chi connectivity index (χ1v) is 5.95. The molecule has 0 unspecified atom stereocenters. The van der Waals surface area contributed by atoms with Gasteiger partial charge in [0.2, 0.25) is 5.78 Å². The van der Waals surface area contributed by atoms with Crippen molar-refractivity contribution >= 4 is 17.4 Å². The Bertz CT molecular complexity index is 631. The van der Waals surface area contributed by atoms with Crippen molar-refractivity contribution in [1.82, 2.24) is 4.98 Å². The lowest BCUT2D eigenvalue weighted by atomic mass is 10.0. The molecule has 1 N–H and O–H groups in total. The Morgan fingerprint density at radius 2 is 1.89 bits per heavy atom. The molecule has 2 nitrogen and oxygen atoms in total. The van der Waals surface area contributed by atoms with E-state index < -0.39 is 5.82 Å². The Hall–Kier alpha value is -1.61. The highest BCUT2D eigenvalue weighted by atomic mass is 35.5. The number of hydrogen-bond donors (Lipinski definition) is 1. The Balaban J connectivity index is 2.48. The van der Waals surface area contributed by atoms with Crippen LogP contribution in [0, 0.1) is 26.6 Å². The van der Waals surface area contributed by atoms with Crippen LogP contribution in [0.25, 0.3) is 0 Å². The van der Waals surface area contributed by atoms with Crippen LogP contribution in [0.15, 0.2) is 18.2 Å². The van der Waals surface area contributed by atoms with Gasteiger partial charge in [-0.3, -0.25) is 4.79 Å². The van der Waals surface area contributed by atoms with E-state index in [1.165, 1.54) is 18.2 Å². The normalized spacial score (nSPS) is 10.7. The number of halogens is 2. The molecule has 2 aromatic rings. The largest absolute Gasteiger partial charge is 0.356 e. The lowest BCUT2D eigenvalue weighted by molar-refractivity contribution is 0.103. The third-order valence-electron chi connectivity index (χ3n) is 3.22. The van der Waals surface area contributed by atoms with Gasteiger partial charge in [-0.1, -0.05) is 11.6 Å². The number of rotatable bonds is 2. The first-order valence-electron chi connectivity index (χ1n) is 5.57. The molecule has 0 saturated heterocycles. The Kier molecular flexibility index (Phi) is 3.26. The van der Waals surface area contributed by atoms with E-state index >= 15 is 0 Å². The van der Waals surface area contributed by atoms with Crippen molar-refractivity contribution in [2.45, 2.75) is 20.8 Å². The fraction of sp³-hybridized carbons (Fsp3) is 0.214. The summed E-state index contributed by atoms with van der Waals surface area (Å²) in [5.74, 6) is -0.700. The molecule has 1 aromatic carbocycles. The molecular weight excluding hydrogens is 253 g/mol. The molecule has 18 heavy (non-hydrogen) atoms. The maximum Gasteiger partial charge on any atom is 0.209 e. The van der Waals surface area contributed by atoms with Gasteiger partial charge in [-0.25, -0.2) is 4.39 Å². The second-order valence-electron chi connectivity index (χ2n) is 4.33. The summed E-state index contributed by atoms with van der Waals surface area (Å²) in [6.07, 6.45) is 0. The minimum atomic E-state index is -0.524. The number of aromatic amines is 1. The van der Waals surface area contributed by atoms with Crippen molar-refractivity contribution < 1.29 is 9.18 Å². The molecule has 0 bridgehead atoms. The number of ketones is 1. The van der Waals surface area contributed by atoms with E-state index in [4.69, 9.17) is 11.6 Å². The van der Waals surface area contributed by atoms with E-state index in [9.17, 15) is 9.18 Å². The minimum absolute atomic E-state index is 0.0431. The summed E-state index contributed by atoms with van der Waals surface area (Å²) in [6, 6.07) is 3.99. The summed E-state index contributed by atoms with van der Waals surface area (Å²) in [4.78, 5) is 15.3. The van der Waals surface area contributed by atoms with E-state index in [0.29, 0.717) is 11.3 Å². The summed E-state index contributed by atoms with van der Waals surface area (Å²) >= 11 is 5.68. The number of hydrogen-bond acceptors (Lipinski definition) is 1. The molecule has 0 atom stereocenters.